The van der Waals surface area contributed by atoms with Crippen LogP contribution in [0.4, 0.5) is 5.69 Å². The zero-order valence-electron chi connectivity index (χ0n) is 11.7. The van der Waals surface area contributed by atoms with Crippen LogP contribution < -0.4 is 10.1 Å². The van der Waals surface area contributed by atoms with E-state index in [9.17, 15) is 4.79 Å². The lowest BCUT2D eigenvalue weighted by Crippen LogP contribution is -2.30. The third-order valence-corrected chi connectivity index (χ3v) is 3.68. The van der Waals surface area contributed by atoms with E-state index in [-0.39, 0.29) is 5.91 Å². The molecule has 110 valence electrons. The molecule has 1 unspecified atom stereocenters. The van der Waals surface area contributed by atoms with Crippen molar-refractivity contribution >= 4 is 34.8 Å². The van der Waals surface area contributed by atoms with E-state index in [1.165, 1.54) is 0 Å². The fraction of sp³-hybridized carbons (Fsp3) is 0.188. The molecule has 1 atom stereocenters. The Labute approximate surface area is 133 Å². The molecule has 0 aliphatic rings. The Kier molecular flexibility index (Phi) is 5.10. The number of hydrogen-bond donors (Lipinski definition) is 1. The number of halogens is 2. The maximum Gasteiger partial charge on any atom is 0.265 e. The minimum atomic E-state index is -0.693. The van der Waals surface area contributed by atoms with E-state index in [0.717, 1.165) is 11.3 Å². The highest BCUT2D eigenvalue weighted by molar-refractivity contribution is 6.42. The number of nitrogens with one attached hydrogen (secondary N) is 1. The highest BCUT2D eigenvalue weighted by Crippen LogP contribution is 2.32. The fourth-order valence-corrected chi connectivity index (χ4v) is 2.12. The summed E-state index contributed by atoms with van der Waals surface area (Å²) in [5.41, 5.74) is 1.80. The van der Waals surface area contributed by atoms with Crippen LogP contribution in [0.2, 0.25) is 10.0 Å². The molecule has 3 nitrogen and oxygen atoms in total. The van der Waals surface area contributed by atoms with Crippen LogP contribution in [0.3, 0.4) is 0 Å². The van der Waals surface area contributed by atoms with E-state index >= 15 is 0 Å². The van der Waals surface area contributed by atoms with Crippen molar-refractivity contribution in [3.63, 3.8) is 0 Å². The largest absolute Gasteiger partial charge is 0.479 e. The first-order valence-corrected chi connectivity index (χ1v) is 7.21. The number of rotatable bonds is 4. The molecule has 0 bridgehead atoms. The summed E-state index contributed by atoms with van der Waals surface area (Å²) in [6, 6.07) is 12.6. The molecule has 0 radical (unpaired) electrons. The quantitative estimate of drug-likeness (QED) is 0.885. The number of hydrogen-bond acceptors (Lipinski definition) is 2. The maximum absolute atomic E-state index is 12.1. The first-order chi connectivity index (χ1) is 9.97. The van der Waals surface area contributed by atoms with Gasteiger partial charge in [-0.2, -0.15) is 0 Å². The van der Waals surface area contributed by atoms with Crippen LogP contribution in [0.15, 0.2) is 42.5 Å². The van der Waals surface area contributed by atoms with Gasteiger partial charge in [-0.15, -0.1) is 0 Å². The molecular weight excluding hydrogens is 309 g/mol. The van der Waals surface area contributed by atoms with Gasteiger partial charge in [-0.25, -0.2) is 0 Å². The molecule has 0 aliphatic heterocycles. The van der Waals surface area contributed by atoms with Crippen LogP contribution in [-0.2, 0) is 4.79 Å². The van der Waals surface area contributed by atoms with Crippen molar-refractivity contribution in [2.45, 2.75) is 20.0 Å². The lowest BCUT2D eigenvalue weighted by Gasteiger charge is -2.16. The SMILES string of the molecule is Cc1cccc(NC(=O)C(C)Oc2cccc(Cl)c2Cl)c1. The predicted octanol–water partition coefficient (Wildman–Crippen LogP) is 4.71. The van der Waals surface area contributed by atoms with Gasteiger partial charge in [0.25, 0.3) is 5.91 Å². The third kappa shape index (κ3) is 4.13. The number of ether oxygens (including phenoxy) is 1. The number of amides is 1. The van der Waals surface area contributed by atoms with Crippen LogP contribution in [0.25, 0.3) is 0 Å². The Hall–Kier alpha value is -1.71. The third-order valence-electron chi connectivity index (χ3n) is 2.87. The van der Waals surface area contributed by atoms with E-state index in [1.807, 2.05) is 31.2 Å². The molecule has 0 saturated heterocycles. The number of carbonyl (C=O) groups excluding carboxylic acids is 1. The van der Waals surface area contributed by atoms with Gasteiger partial charge in [0.1, 0.15) is 10.8 Å². The van der Waals surface area contributed by atoms with Crippen molar-refractivity contribution in [1.29, 1.82) is 0 Å². The van der Waals surface area contributed by atoms with Crippen LogP contribution in [0.5, 0.6) is 5.75 Å². The molecule has 0 heterocycles. The van der Waals surface area contributed by atoms with Gasteiger partial charge in [0.2, 0.25) is 0 Å². The van der Waals surface area contributed by atoms with Gasteiger partial charge in [0, 0.05) is 5.69 Å². The molecule has 2 rings (SSSR count). The van der Waals surface area contributed by atoms with Crippen LogP contribution in [-0.4, -0.2) is 12.0 Å². The van der Waals surface area contributed by atoms with Gasteiger partial charge in [0.05, 0.1) is 5.02 Å². The average Bonchev–Trinajstić information content (AvgIpc) is 2.44. The summed E-state index contributed by atoms with van der Waals surface area (Å²) in [5.74, 6) is 0.132. The van der Waals surface area contributed by atoms with Crippen molar-refractivity contribution in [1.82, 2.24) is 0 Å². The second-order valence-electron chi connectivity index (χ2n) is 4.67. The molecule has 0 aromatic heterocycles. The normalized spacial score (nSPS) is 11.8. The summed E-state index contributed by atoms with van der Waals surface area (Å²) in [7, 11) is 0. The minimum Gasteiger partial charge on any atom is -0.479 e. The van der Waals surface area contributed by atoms with E-state index in [4.69, 9.17) is 27.9 Å². The molecular formula is C16H15Cl2NO2. The first kappa shape index (κ1) is 15.7. The standard InChI is InChI=1S/C16H15Cl2NO2/c1-10-5-3-6-12(9-10)19-16(20)11(2)21-14-8-4-7-13(17)15(14)18/h3-9,11H,1-2H3,(H,19,20). The average molecular weight is 324 g/mol. The van der Waals surface area contributed by atoms with Gasteiger partial charge >= 0.3 is 0 Å². The second-order valence-corrected chi connectivity index (χ2v) is 5.46. The molecule has 2 aromatic carbocycles. The number of aryl methyl sites for hydroxylation is 1. The predicted molar refractivity (Wildman–Crippen MR) is 86.4 cm³/mol. The van der Waals surface area contributed by atoms with E-state index in [2.05, 4.69) is 5.32 Å². The Morgan fingerprint density at radius 1 is 1.19 bits per heavy atom. The van der Waals surface area contributed by atoms with Crippen LogP contribution in [0, 0.1) is 6.92 Å². The topological polar surface area (TPSA) is 38.3 Å². The Morgan fingerprint density at radius 3 is 2.62 bits per heavy atom. The second kappa shape index (κ2) is 6.83. The van der Waals surface area contributed by atoms with Gasteiger partial charge in [-0.1, -0.05) is 41.4 Å². The maximum atomic E-state index is 12.1. The molecule has 2 aromatic rings. The zero-order chi connectivity index (χ0) is 15.4. The summed E-state index contributed by atoms with van der Waals surface area (Å²) in [4.78, 5) is 12.1. The number of anilines is 1. The van der Waals surface area contributed by atoms with Crippen molar-refractivity contribution in [3.8, 4) is 5.75 Å². The Bertz CT molecular complexity index is 658. The fourth-order valence-electron chi connectivity index (χ4n) is 1.79. The molecule has 0 fully saturated rings. The number of carbonyl (C=O) groups is 1. The molecule has 1 N–H and O–H groups in total. The van der Waals surface area contributed by atoms with Gasteiger partial charge in [-0.3, -0.25) is 4.79 Å². The summed E-state index contributed by atoms with van der Waals surface area (Å²) < 4.78 is 5.56. The zero-order valence-corrected chi connectivity index (χ0v) is 13.2. The lowest BCUT2D eigenvalue weighted by atomic mass is 10.2. The molecule has 1 amide bonds. The lowest BCUT2D eigenvalue weighted by molar-refractivity contribution is -0.122. The van der Waals surface area contributed by atoms with Crippen molar-refractivity contribution < 1.29 is 9.53 Å². The molecule has 5 heteroatoms. The van der Waals surface area contributed by atoms with Gasteiger partial charge in [0.15, 0.2) is 6.10 Å². The van der Waals surface area contributed by atoms with Crippen LogP contribution in [0.1, 0.15) is 12.5 Å². The van der Waals surface area contributed by atoms with E-state index in [0.29, 0.717) is 15.8 Å². The minimum absolute atomic E-state index is 0.253. The van der Waals surface area contributed by atoms with Gasteiger partial charge in [-0.05, 0) is 43.7 Å². The summed E-state index contributed by atoms with van der Waals surface area (Å²) in [5, 5.41) is 3.49. The van der Waals surface area contributed by atoms with Crippen molar-refractivity contribution in [3.05, 3.63) is 58.1 Å². The van der Waals surface area contributed by atoms with Crippen LogP contribution >= 0.6 is 23.2 Å². The Balaban J connectivity index is 2.04. The van der Waals surface area contributed by atoms with Crippen molar-refractivity contribution in [2.24, 2.45) is 0 Å². The summed E-state index contributed by atoms with van der Waals surface area (Å²) >= 11 is 11.9. The molecule has 21 heavy (non-hydrogen) atoms. The monoisotopic (exact) mass is 323 g/mol. The van der Waals surface area contributed by atoms with E-state index in [1.54, 1.807) is 25.1 Å². The Morgan fingerprint density at radius 2 is 1.90 bits per heavy atom. The molecule has 0 aliphatic carbocycles. The first-order valence-electron chi connectivity index (χ1n) is 6.45. The summed E-state index contributed by atoms with van der Waals surface area (Å²) in [6.07, 6.45) is -0.693. The molecule has 0 spiro atoms. The van der Waals surface area contributed by atoms with Gasteiger partial charge < -0.3 is 10.1 Å². The van der Waals surface area contributed by atoms with E-state index < -0.39 is 6.10 Å². The number of benzene rings is 2. The highest BCUT2D eigenvalue weighted by atomic mass is 35.5. The molecule has 0 saturated carbocycles. The summed E-state index contributed by atoms with van der Waals surface area (Å²) in [6.45, 7) is 3.61. The smallest absolute Gasteiger partial charge is 0.265 e. The highest BCUT2D eigenvalue weighted by Gasteiger charge is 2.17. The van der Waals surface area contributed by atoms with Crippen molar-refractivity contribution in [2.75, 3.05) is 5.32 Å².